The molecule has 0 atom stereocenters. The maximum absolute atomic E-state index is 9.12. The molecule has 0 aliphatic heterocycles. The maximum atomic E-state index is 9.12. The molecule has 0 aliphatic carbocycles. The van der Waals surface area contributed by atoms with Crippen molar-refractivity contribution in [2.75, 3.05) is 6.61 Å². The zero-order valence-electron chi connectivity index (χ0n) is 2.77. The number of aliphatic hydroxyl groups is 1. The van der Waals surface area contributed by atoms with Crippen molar-refractivity contribution in [1.29, 1.82) is 0 Å². The van der Waals surface area contributed by atoms with Gasteiger partial charge in [-0.3, -0.25) is 0 Å². The van der Waals surface area contributed by atoms with Gasteiger partial charge in [0.05, 0.1) is 0 Å². The molecule has 2 heteroatoms. The van der Waals surface area contributed by atoms with Gasteiger partial charge in [-0.1, -0.05) is 0 Å². The molecule has 0 aromatic carbocycles. The van der Waals surface area contributed by atoms with E-state index < -0.39 is 0 Å². The van der Waals surface area contributed by atoms with Gasteiger partial charge in [-0.2, -0.15) is 0 Å². The summed E-state index contributed by atoms with van der Waals surface area (Å²) in [5, 5.41) is 7.80. The molecule has 0 unspecified atom stereocenters. The second-order valence-electron chi connectivity index (χ2n) is 0.618. The van der Waals surface area contributed by atoms with Crippen molar-refractivity contribution < 1.29 is 9.76 Å². The van der Waals surface area contributed by atoms with Crippen LogP contribution in [0.15, 0.2) is 0 Å². The molecule has 0 aromatic rings. The summed E-state index contributed by atoms with van der Waals surface area (Å²) in [5.74, 6) is 0. The summed E-state index contributed by atoms with van der Waals surface area (Å²) in [5.41, 5.74) is 0. The summed E-state index contributed by atoms with van der Waals surface area (Å²) in [6, 6.07) is 0. The van der Waals surface area contributed by atoms with E-state index in [4.69, 9.17) is 9.76 Å². The van der Waals surface area contributed by atoms with Gasteiger partial charge in [0, 0.05) is 0 Å². The van der Waals surface area contributed by atoms with Gasteiger partial charge < -0.3 is 0 Å². The number of rotatable bonds is 1. The standard InChI is InChI=1S/C3H5O2/c4-2-1-3-5/h4H,1-2H2/q+1. The summed E-state index contributed by atoms with van der Waals surface area (Å²) in [6.07, 6.45) is 1.66. The van der Waals surface area contributed by atoms with Crippen molar-refractivity contribution in [3.8, 4) is 6.15 Å². The summed E-state index contributed by atoms with van der Waals surface area (Å²) in [4.78, 5) is 0. The van der Waals surface area contributed by atoms with Gasteiger partial charge in [0.25, 0.3) is 0 Å². The summed E-state index contributed by atoms with van der Waals surface area (Å²) < 4.78 is 9.12. The third-order valence-corrected chi connectivity index (χ3v) is 0.214. The fourth-order valence-corrected chi connectivity index (χ4v) is 0.0456. The fourth-order valence-electron chi connectivity index (χ4n) is 0.0456. The van der Waals surface area contributed by atoms with Crippen LogP contribution in [0, 0.1) is 6.15 Å². The Kier molecular flexibility index (Phi) is 3.48. The molecule has 0 amide bonds. The summed E-state index contributed by atoms with van der Waals surface area (Å²) in [6.45, 7) is -0.0799. The van der Waals surface area contributed by atoms with E-state index in [2.05, 4.69) is 0 Å². The van der Waals surface area contributed by atoms with Gasteiger partial charge in [-0.25, -0.2) is 0 Å². The van der Waals surface area contributed by atoms with Gasteiger partial charge in [-0.15, -0.1) is 0 Å². The average Bonchev–Trinajstić information content (AvgIpc) is 1.41. The van der Waals surface area contributed by atoms with Crippen LogP contribution in [-0.2, 0) is 4.65 Å². The van der Waals surface area contributed by atoms with Gasteiger partial charge in [0.1, 0.15) is 0 Å². The molecule has 0 heterocycles. The van der Waals surface area contributed by atoms with E-state index in [1.807, 2.05) is 0 Å². The second-order valence-corrected chi connectivity index (χ2v) is 0.618. The van der Waals surface area contributed by atoms with E-state index >= 15 is 0 Å². The second kappa shape index (κ2) is 3.70. The van der Waals surface area contributed by atoms with E-state index in [1.54, 1.807) is 0 Å². The fraction of sp³-hybridized carbons (Fsp3) is 0.667. The number of hydrogen-bond acceptors (Lipinski definition) is 1. The van der Waals surface area contributed by atoms with E-state index in [9.17, 15) is 0 Å². The first-order valence-electron chi connectivity index (χ1n) is 1.37. The SMILES string of the molecule is [O+]#CCCO. The van der Waals surface area contributed by atoms with Crippen molar-refractivity contribution in [3.63, 3.8) is 0 Å². The molecule has 0 radical (unpaired) electrons. The van der Waals surface area contributed by atoms with Crippen LogP contribution in [0.3, 0.4) is 0 Å². The van der Waals surface area contributed by atoms with Crippen LogP contribution >= 0.6 is 0 Å². The Labute approximate surface area is 30.1 Å². The molecule has 0 saturated heterocycles. The van der Waals surface area contributed by atoms with E-state index in [0.717, 1.165) is 0 Å². The number of hydrogen-bond donors (Lipinski definition) is 1. The quantitative estimate of drug-likeness (QED) is 0.427. The third kappa shape index (κ3) is 3.70. The first-order chi connectivity index (χ1) is 2.41. The molecule has 0 aliphatic rings. The first-order valence-corrected chi connectivity index (χ1v) is 1.37. The molecule has 0 rings (SSSR count). The molecular weight excluding hydrogens is 68.0 g/mol. The topological polar surface area (TPSA) is 40.1 Å². The van der Waals surface area contributed by atoms with E-state index in [-0.39, 0.29) is 13.0 Å². The molecule has 0 fully saturated rings. The van der Waals surface area contributed by atoms with E-state index in [1.165, 1.54) is 6.15 Å². The Hall–Kier alpha value is -0.300. The minimum absolute atomic E-state index is 0.0799. The van der Waals surface area contributed by atoms with Crippen LogP contribution in [0.5, 0.6) is 0 Å². The third-order valence-electron chi connectivity index (χ3n) is 0.214. The molecular formula is C3H5O2+. The van der Waals surface area contributed by atoms with Gasteiger partial charge in [0.2, 0.25) is 0 Å². The van der Waals surface area contributed by atoms with Gasteiger partial charge in [0.15, 0.2) is 0 Å². The molecule has 28 valence electrons. The number of aliphatic hydroxyl groups excluding tert-OH is 1. The van der Waals surface area contributed by atoms with Crippen molar-refractivity contribution in [1.82, 2.24) is 0 Å². The van der Waals surface area contributed by atoms with Crippen LogP contribution in [0.2, 0.25) is 0 Å². The van der Waals surface area contributed by atoms with Crippen LogP contribution in [0.1, 0.15) is 6.42 Å². The van der Waals surface area contributed by atoms with Gasteiger partial charge >= 0.3 is 28.9 Å². The zero-order valence-corrected chi connectivity index (χ0v) is 2.77. The van der Waals surface area contributed by atoms with Crippen LogP contribution in [-0.4, -0.2) is 11.7 Å². The van der Waals surface area contributed by atoms with Crippen LogP contribution in [0.25, 0.3) is 0 Å². The van der Waals surface area contributed by atoms with Crippen molar-refractivity contribution in [2.45, 2.75) is 6.42 Å². The Bertz CT molecular complexity index is 43.3. The molecule has 0 spiro atoms. The Morgan fingerprint density at radius 3 is 2.40 bits per heavy atom. The van der Waals surface area contributed by atoms with E-state index in [0.29, 0.717) is 0 Å². The van der Waals surface area contributed by atoms with Crippen molar-refractivity contribution in [3.05, 3.63) is 0 Å². The predicted molar refractivity (Wildman–Crippen MR) is 16.3 cm³/mol. The monoisotopic (exact) mass is 73.0 g/mol. The first kappa shape index (κ1) is 4.70. The van der Waals surface area contributed by atoms with Crippen LogP contribution in [0.4, 0.5) is 0 Å². The average molecular weight is 73.1 g/mol. The Balaban J connectivity index is 2.48. The van der Waals surface area contributed by atoms with Crippen molar-refractivity contribution in [2.24, 2.45) is 0 Å². The molecule has 1 N–H and O–H groups in total. The Morgan fingerprint density at radius 2 is 2.40 bits per heavy atom. The normalized spacial score (nSPS) is 6.40. The zero-order chi connectivity index (χ0) is 4.12. The predicted octanol–water partition coefficient (Wildman–Crippen LogP) is -0.241. The summed E-state index contributed by atoms with van der Waals surface area (Å²) in [7, 11) is 0. The van der Waals surface area contributed by atoms with Crippen molar-refractivity contribution >= 4 is 0 Å². The molecule has 5 heavy (non-hydrogen) atoms. The summed E-state index contributed by atoms with van der Waals surface area (Å²) >= 11 is 0. The van der Waals surface area contributed by atoms with Gasteiger partial charge in [-0.05, 0) is 0 Å². The molecule has 0 saturated carbocycles. The molecule has 0 bridgehead atoms. The molecule has 0 aromatic heterocycles. The van der Waals surface area contributed by atoms with Crippen LogP contribution < -0.4 is 0 Å². The Morgan fingerprint density at radius 1 is 1.80 bits per heavy atom. The molecule has 2 nitrogen and oxygen atoms in total. The minimum atomic E-state index is -0.0799.